The van der Waals surface area contributed by atoms with E-state index in [0.717, 1.165) is 28.0 Å². The summed E-state index contributed by atoms with van der Waals surface area (Å²) in [5.41, 5.74) is 1.59. The van der Waals surface area contributed by atoms with E-state index in [-0.39, 0.29) is 17.6 Å². The van der Waals surface area contributed by atoms with Crippen LogP contribution >= 0.6 is 11.3 Å². The molecule has 1 fully saturated rings. The Balaban J connectivity index is 1.47. The topological polar surface area (TPSA) is 58.4 Å². The predicted molar refractivity (Wildman–Crippen MR) is 120 cm³/mol. The maximum atomic E-state index is 13.3. The third-order valence-electron chi connectivity index (χ3n) is 5.68. The number of carbonyl (C=O) groups excluding carboxylic acids is 2. The molecular weight excluding hydrogens is 415 g/mol. The van der Waals surface area contributed by atoms with Gasteiger partial charge in [0.2, 0.25) is 5.91 Å². The van der Waals surface area contributed by atoms with Crippen molar-refractivity contribution < 1.29 is 14.0 Å². The van der Waals surface area contributed by atoms with Crippen molar-refractivity contribution in [3.05, 3.63) is 46.7 Å². The quantitative estimate of drug-likeness (QED) is 0.593. The SMILES string of the molecule is Cc1nn(-c2ccc(F)cc2)c2sc(C(=O)N3CCN(C(=O)CCC(C)C)CC3)cc12. The van der Waals surface area contributed by atoms with Crippen molar-refractivity contribution >= 4 is 33.4 Å². The lowest BCUT2D eigenvalue weighted by Gasteiger charge is -2.34. The Kier molecular flexibility index (Phi) is 6.09. The molecule has 4 rings (SSSR count). The van der Waals surface area contributed by atoms with Gasteiger partial charge in [-0.1, -0.05) is 13.8 Å². The summed E-state index contributed by atoms with van der Waals surface area (Å²) < 4.78 is 15.1. The average Bonchev–Trinajstić information content (AvgIpc) is 3.33. The third-order valence-corrected chi connectivity index (χ3v) is 6.78. The molecule has 1 aliphatic heterocycles. The van der Waals surface area contributed by atoms with Crippen molar-refractivity contribution in [1.29, 1.82) is 0 Å². The first-order chi connectivity index (χ1) is 14.8. The van der Waals surface area contributed by atoms with Crippen molar-refractivity contribution in [2.45, 2.75) is 33.6 Å². The molecule has 0 N–H and O–H groups in total. The van der Waals surface area contributed by atoms with Crippen molar-refractivity contribution in [1.82, 2.24) is 19.6 Å². The molecule has 6 nitrogen and oxygen atoms in total. The number of carbonyl (C=O) groups is 2. The van der Waals surface area contributed by atoms with E-state index in [2.05, 4.69) is 18.9 Å². The molecule has 0 aliphatic carbocycles. The first kappa shape index (κ1) is 21.5. The number of piperazine rings is 1. The number of aromatic nitrogens is 2. The summed E-state index contributed by atoms with van der Waals surface area (Å²) in [7, 11) is 0. The van der Waals surface area contributed by atoms with E-state index in [1.165, 1.54) is 23.5 Å². The molecule has 0 saturated carbocycles. The minimum Gasteiger partial charge on any atom is -0.339 e. The summed E-state index contributed by atoms with van der Waals surface area (Å²) in [4.78, 5) is 30.7. The number of fused-ring (bicyclic) bond motifs is 1. The smallest absolute Gasteiger partial charge is 0.264 e. The van der Waals surface area contributed by atoms with Crippen LogP contribution in [0.1, 0.15) is 42.1 Å². The Morgan fingerprint density at radius 3 is 2.39 bits per heavy atom. The summed E-state index contributed by atoms with van der Waals surface area (Å²) in [6, 6.07) is 8.06. The van der Waals surface area contributed by atoms with E-state index < -0.39 is 0 Å². The molecule has 2 aromatic heterocycles. The summed E-state index contributed by atoms with van der Waals surface area (Å²) in [5, 5.41) is 5.49. The normalized spacial score (nSPS) is 14.6. The van der Waals surface area contributed by atoms with Gasteiger partial charge in [-0.3, -0.25) is 9.59 Å². The zero-order valence-electron chi connectivity index (χ0n) is 18.1. The van der Waals surface area contributed by atoms with Gasteiger partial charge in [0.1, 0.15) is 10.6 Å². The maximum Gasteiger partial charge on any atom is 0.264 e. The molecule has 0 spiro atoms. The Morgan fingerprint density at radius 1 is 1.10 bits per heavy atom. The van der Waals surface area contributed by atoms with Gasteiger partial charge < -0.3 is 9.80 Å². The van der Waals surface area contributed by atoms with Gasteiger partial charge in [0.25, 0.3) is 5.91 Å². The van der Waals surface area contributed by atoms with E-state index in [1.807, 2.05) is 22.8 Å². The number of amides is 2. The first-order valence-electron chi connectivity index (χ1n) is 10.7. The van der Waals surface area contributed by atoms with Crippen LogP contribution < -0.4 is 0 Å². The molecule has 0 bridgehead atoms. The average molecular weight is 443 g/mol. The van der Waals surface area contributed by atoms with Gasteiger partial charge in [-0.15, -0.1) is 11.3 Å². The van der Waals surface area contributed by atoms with Crippen molar-refractivity contribution in [2.75, 3.05) is 26.2 Å². The van der Waals surface area contributed by atoms with Gasteiger partial charge in [-0.25, -0.2) is 9.07 Å². The van der Waals surface area contributed by atoms with Crippen LogP contribution in [0, 0.1) is 18.7 Å². The molecule has 164 valence electrons. The molecule has 1 saturated heterocycles. The Labute approximate surface area is 185 Å². The van der Waals surface area contributed by atoms with E-state index in [0.29, 0.717) is 43.4 Å². The highest BCUT2D eigenvalue weighted by molar-refractivity contribution is 7.20. The fourth-order valence-electron chi connectivity index (χ4n) is 3.79. The van der Waals surface area contributed by atoms with Crippen LogP contribution in [0.3, 0.4) is 0 Å². The number of thiophene rings is 1. The Hall–Kier alpha value is -2.74. The fraction of sp³-hybridized carbons (Fsp3) is 0.435. The van der Waals surface area contributed by atoms with E-state index in [1.54, 1.807) is 16.8 Å². The van der Waals surface area contributed by atoms with Crippen molar-refractivity contribution in [3.63, 3.8) is 0 Å². The second kappa shape index (κ2) is 8.78. The molecule has 1 aliphatic rings. The highest BCUT2D eigenvalue weighted by Crippen LogP contribution is 2.31. The number of aryl methyl sites for hydroxylation is 1. The van der Waals surface area contributed by atoms with Crippen molar-refractivity contribution in [2.24, 2.45) is 5.92 Å². The summed E-state index contributed by atoms with van der Waals surface area (Å²) in [5.74, 6) is 0.375. The van der Waals surface area contributed by atoms with Gasteiger partial charge in [0.05, 0.1) is 16.3 Å². The van der Waals surface area contributed by atoms with Crippen LogP contribution in [0.15, 0.2) is 30.3 Å². The van der Waals surface area contributed by atoms with Gasteiger partial charge in [0, 0.05) is 38.0 Å². The lowest BCUT2D eigenvalue weighted by molar-refractivity contribution is -0.132. The molecule has 31 heavy (non-hydrogen) atoms. The van der Waals surface area contributed by atoms with Gasteiger partial charge in [-0.2, -0.15) is 5.10 Å². The van der Waals surface area contributed by atoms with Crippen LogP contribution in [-0.2, 0) is 4.79 Å². The predicted octanol–water partition coefficient (Wildman–Crippen LogP) is 4.26. The third kappa shape index (κ3) is 4.49. The van der Waals surface area contributed by atoms with E-state index >= 15 is 0 Å². The second-order valence-electron chi connectivity index (χ2n) is 8.41. The van der Waals surface area contributed by atoms with Gasteiger partial charge in [0.15, 0.2) is 0 Å². The molecule has 0 radical (unpaired) electrons. The minimum atomic E-state index is -0.298. The maximum absolute atomic E-state index is 13.3. The highest BCUT2D eigenvalue weighted by Gasteiger charge is 2.26. The van der Waals surface area contributed by atoms with E-state index in [4.69, 9.17) is 0 Å². The zero-order chi connectivity index (χ0) is 22.1. The standard InChI is InChI=1S/C23H27FN4O2S/c1-15(2)4-9-21(29)26-10-12-27(13-11-26)22(30)20-14-19-16(3)25-28(23(19)31-20)18-7-5-17(24)6-8-18/h5-8,14-15H,4,9-13H2,1-3H3. The Morgan fingerprint density at radius 2 is 1.74 bits per heavy atom. The van der Waals surface area contributed by atoms with Gasteiger partial charge in [-0.05, 0) is 49.6 Å². The minimum absolute atomic E-state index is 0.0134. The van der Waals surface area contributed by atoms with Crippen LogP contribution in [0.2, 0.25) is 0 Å². The first-order valence-corrected chi connectivity index (χ1v) is 11.5. The lowest BCUT2D eigenvalue weighted by atomic mass is 10.1. The number of halogens is 1. The highest BCUT2D eigenvalue weighted by atomic mass is 32.1. The summed E-state index contributed by atoms with van der Waals surface area (Å²) in [6.07, 6.45) is 1.46. The lowest BCUT2D eigenvalue weighted by Crippen LogP contribution is -2.50. The number of benzene rings is 1. The summed E-state index contributed by atoms with van der Waals surface area (Å²) >= 11 is 1.40. The molecular formula is C23H27FN4O2S. The van der Waals surface area contributed by atoms with Gasteiger partial charge >= 0.3 is 0 Å². The van der Waals surface area contributed by atoms with Crippen LogP contribution in [0.4, 0.5) is 4.39 Å². The molecule has 2 amide bonds. The molecule has 3 heterocycles. The number of hydrogen-bond donors (Lipinski definition) is 0. The van der Waals surface area contributed by atoms with Crippen LogP contribution in [0.25, 0.3) is 15.9 Å². The number of rotatable bonds is 5. The van der Waals surface area contributed by atoms with Crippen LogP contribution in [0.5, 0.6) is 0 Å². The molecule has 0 atom stereocenters. The van der Waals surface area contributed by atoms with E-state index in [9.17, 15) is 14.0 Å². The summed E-state index contributed by atoms with van der Waals surface area (Å²) in [6.45, 7) is 8.39. The number of hydrogen-bond acceptors (Lipinski definition) is 4. The Bertz CT molecular complexity index is 1090. The van der Waals surface area contributed by atoms with Crippen molar-refractivity contribution in [3.8, 4) is 5.69 Å². The molecule has 0 unspecified atom stereocenters. The largest absolute Gasteiger partial charge is 0.339 e. The second-order valence-corrected chi connectivity index (χ2v) is 9.44. The fourth-order valence-corrected chi connectivity index (χ4v) is 4.95. The molecule has 3 aromatic rings. The van der Waals surface area contributed by atoms with Crippen LogP contribution in [-0.4, -0.2) is 57.6 Å². The molecule has 8 heteroatoms. The monoisotopic (exact) mass is 442 g/mol. The molecule has 1 aromatic carbocycles. The number of nitrogens with zero attached hydrogens (tertiary/aromatic N) is 4. The zero-order valence-corrected chi connectivity index (χ0v) is 18.9.